The Morgan fingerprint density at radius 1 is 1.08 bits per heavy atom. The van der Waals surface area contributed by atoms with E-state index >= 15 is 0 Å². The number of oxazole rings is 1. The van der Waals surface area contributed by atoms with Crippen LogP contribution in [-0.4, -0.2) is 22.2 Å². The van der Waals surface area contributed by atoms with Gasteiger partial charge in [-0.15, -0.1) is 0 Å². The van der Waals surface area contributed by atoms with Crippen LogP contribution < -0.4 is 4.74 Å². The van der Waals surface area contributed by atoms with E-state index in [9.17, 15) is 0 Å². The number of para-hydroxylation sites is 1. The normalized spacial score (nSPS) is 11.1. The molecular weight excluding hydrogens is 306 g/mol. The topological polar surface area (TPSA) is 74.2 Å². The Bertz CT molecular complexity index is 1000. The second kappa shape index (κ2) is 5.81. The Balaban J connectivity index is 1.74. The molecule has 6 nitrogen and oxygen atoms in total. The number of ether oxygens (including phenoxy) is 1. The maximum atomic E-state index is 5.62. The van der Waals surface area contributed by atoms with Gasteiger partial charge < -0.3 is 13.7 Å². The molecule has 0 fully saturated rings. The van der Waals surface area contributed by atoms with Gasteiger partial charge in [-0.05, 0) is 30.3 Å². The molecule has 24 heavy (non-hydrogen) atoms. The van der Waals surface area contributed by atoms with Crippen molar-refractivity contribution in [2.75, 3.05) is 7.11 Å². The monoisotopic (exact) mass is 321 g/mol. The lowest BCUT2D eigenvalue weighted by molar-refractivity contribution is 0.405. The maximum absolute atomic E-state index is 5.62. The van der Waals surface area contributed by atoms with Gasteiger partial charge in [0, 0.05) is 12.0 Å². The Hall–Kier alpha value is -3.15. The summed E-state index contributed by atoms with van der Waals surface area (Å²) in [5.41, 5.74) is 3.12. The molecule has 0 N–H and O–H groups in total. The number of hydrogen-bond acceptors (Lipinski definition) is 6. The summed E-state index contributed by atoms with van der Waals surface area (Å²) in [5.74, 6) is 2.31. The van der Waals surface area contributed by atoms with Crippen molar-refractivity contribution in [1.82, 2.24) is 15.1 Å². The number of methoxy groups -OCH3 is 1. The first-order valence-electron chi connectivity index (χ1n) is 7.65. The smallest absolute Gasteiger partial charge is 0.262 e. The van der Waals surface area contributed by atoms with Crippen LogP contribution in [0.25, 0.3) is 33.9 Å². The van der Waals surface area contributed by atoms with Gasteiger partial charge in [0.05, 0.1) is 12.7 Å². The zero-order valence-corrected chi connectivity index (χ0v) is 13.3. The summed E-state index contributed by atoms with van der Waals surface area (Å²) >= 11 is 0. The van der Waals surface area contributed by atoms with Gasteiger partial charge in [-0.1, -0.05) is 24.2 Å². The molecule has 0 spiro atoms. The zero-order chi connectivity index (χ0) is 16.5. The number of aryl methyl sites for hydroxylation is 1. The quantitative estimate of drug-likeness (QED) is 0.563. The number of hydrogen-bond donors (Lipinski definition) is 0. The summed E-state index contributed by atoms with van der Waals surface area (Å²) < 4.78 is 16.4. The Morgan fingerprint density at radius 2 is 1.96 bits per heavy atom. The van der Waals surface area contributed by atoms with Crippen LogP contribution in [0, 0.1) is 0 Å². The van der Waals surface area contributed by atoms with E-state index in [-0.39, 0.29) is 0 Å². The molecule has 120 valence electrons. The van der Waals surface area contributed by atoms with Gasteiger partial charge >= 0.3 is 0 Å². The van der Waals surface area contributed by atoms with Crippen molar-refractivity contribution in [2.24, 2.45) is 0 Å². The molecular formula is C18H15N3O3. The van der Waals surface area contributed by atoms with Crippen LogP contribution in [-0.2, 0) is 6.42 Å². The number of benzene rings is 2. The molecule has 0 radical (unpaired) electrons. The number of aromatic nitrogens is 3. The first-order chi connectivity index (χ1) is 11.8. The fourth-order valence-corrected chi connectivity index (χ4v) is 2.54. The minimum absolute atomic E-state index is 0.414. The van der Waals surface area contributed by atoms with E-state index in [2.05, 4.69) is 15.1 Å². The lowest BCUT2D eigenvalue weighted by Crippen LogP contribution is -1.87. The van der Waals surface area contributed by atoms with Gasteiger partial charge in [-0.2, -0.15) is 4.98 Å². The Labute approximate surface area is 138 Å². The van der Waals surface area contributed by atoms with Crippen molar-refractivity contribution >= 4 is 11.1 Å². The third-order valence-electron chi connectivity index (χ3n) is 3.76. The average molecular weight is 321 g/mol. The van der Waals surface area contributed by atoms with Gasteiger partial charge in [0.25, 0.3) is 5.89 Å². The highest BCUT2D eigenvalue weighted by Crippen LogP contribution is 2.30. The molecule has 0 aliphatic carbocycles. The third-order valence-corrected chi connectivity index (χ3v) is 3.76. The summed E-state index contributed by atoms with van der Waals surface area (Å²) in [6.45, 7) is 2.00. The van der Waals surface area contributed by atoms with Crippen LogP contribution in [0.4, 0.5) is 0 Å². The first kappa shape index (κ1) is 14.4. The second-order valence-electron chi connectivity index (χ2n) is 5.27. The van der Waals surface area contributed by atoms with Gasteiger partial charge in [0.15, 0.2) is 11.5 Å². The molecule has 4 aromatic rings. The lowest BCUT2D eigenvalue weighted by atomic mass is 10.2. The van der Waals surface area contributed by atoms with E-state index in [1.807, 2.05) is 49.4 Å². The van der Waals surface area contributed by atoms with Crippen LogP contribution in [0.1, 0.15) is 12.8 Å². The standard InChI is InChI=1S/C18H15N3O3/c1-3-16-19-13-10-11(8-9-15(13)23-16)17-20-18(24-21-17)12-6-4-5-7-14(12)22-2/h4-10H,3H2,1-2H3. The number of fused-ring (bicyclic) bond motifs is 1. The minimum Gasteiger partial charge on any atom is -0.496 e. The van der Waals surface area contributed by atoms with Crippen molar-refractivity contribution in [3.63, 3.8) is 0 Å². The molecule has 2 heterocycles. The average Bonchev–Trinajstić information content (AvgIpc) is 3.27. The van der Waals surface area contributed by atoms with E-state index in [0.29, 0.717) is 23.4 Å². The molecule has 0 saturated carbocycles. The fraction of sp³-hybridized carbons (Fsp3) is 0.167. The number of nitrogens with zero attached hydrogens (tertiary/aromatic N) is 3. The highest BCUT2D eigenvalue weighted by molar-refractivity contribution is 5.79. The molecule has 0 aliphatic rings. The molecule has 6 heteroatoms. The van der Waals surface area contributed by atoms with Crippen LogP contribution in [0.5, 0.6) is 5.75 Å². The van der Waals surface area contributed by atoms with Crippen molar-refractivity contribution < 1.29 is 13.7 Å². The summed E-state index contributed by atoms with van der Waals surface area (Å²) in [5, 5.41) is 4.07. The summed E-state index contributed by atoms with van der Waals surface area (Å²) in [7, 11) is 1.61. The molecule has 0 atom stereocenters. The van der Waals surface area contributed by atoms with E-state index in [0.717, 1.165) is 28.6 Å². The van der Waals surface area contributed by atoms with Gasteiger partial charge in [0.2, 0.25) is 5.82 Å². The van der Waals surface area contributed by atoms with Crippen LogP contribution in [0.2, 0.25) is 0 Å². The molecule has 0 saturated heterocycles. The van der Waals surface area contributed by atoms with Gasteiger partial charge in [-0.3, -0.25) is 0 Å². The molecule has 2 aromatic carbocycles. The predicted molar refractivity (Wildman–Crippen MR) is 88.7 cm³/mol. The Morgan fingerprint density at radius 3 is 2.79 bits per heavy atom. The van der Waals surface area contributed by atoms with E-state index in [1.54, 1.807) is 7.11 Å². The van der Waals surface area contributed by atoms with Crippen LogP contribution in [0.3, 0.4) is 0 Å². The van der Waals surface area contributed by atoms with Crippen molar-refractivity contribution in [1.29, 1.82) is 0 Å². The second-order valence-corrected chi connectivity index (χ2v) is 5.27. The van der Waals surface area contributed by atoms with Crippen molar-refractivity contribution in [3.8, 4) is 28.6 Å². The highest BCUT2D eigenvalue weighted by Gasteiger charge is 2.15. The third kappa shape index (κ3) is 2.42. The summed E-state index contributed by atoms with van der Waals surface area (Å²) in [6, 6.07) is 13.2. The molecule has 0 aliphatic heterocycles. The fourth-order valence-electron chi connectivity index (χ4n) is 2.54. The molecule has 2 aromatic heterocycles. The minimum atomic E-state index is 0.414. The molecule has 0 unspecified atom stereocenters. The summed E-state index contributed by atoms with van der Waals surface area (Å²) in [6.07, 6.45) is 0.754. The van der Waals surface area contributed by atoms with E-state index < -0.39 is 0 Å². The first-order valence-corrected chi connectivity index (χ1v) is 7.65. The van der Waals surface area contributed by atoms with E-state index in [1.165, 1.54) is 0 Å². The Kier molecular flexibility index (Phi) is 3.49. The zero-order valence-electron chi connectivity index (χ0n) is 13.3. The maximum Gasteiger partial charge on any atom is 0.262 e. The predicted octanol–water partition coefficient (Wildman–Crippen LogP) is 4.12. The van der Waals surface area contributed by atoms with Crippen LogP contribution in [0.15, 0.2) is 51.4 Å². The molecule has 0 bridgehead atoms. The molecule has 4 rings (SSSR count). The highest BCUT2D eigenvalue weighted by atomic mass is 16.5. The SMILES string of the molecule is CCc1nc2cc(-c3noc(-c4ccccc4OC)n3)ccc2o1. The van der Waals surface area contributed by atoms with Crippen LogP contribution >= 0.6 is 0 Å². The van der Waals surface area contributed by atoms with E-state index in [4.69, 9.17) is 13.7 Å². The lowest BCUT2D eigenvalue weighted by Gasteiger charge is -2.02. The van der Waals surface area contributed by atoms with Gasteiger partial charge in [-0.25, -0.2) is 4.98 Å². The van der Waals surface area contributed by atoms with Crippen molar-refractivity contribution in [2.45, 2.75) is 13.3 Å². The number of rotatable bonds is 4. The van der Waals surface area contributed by atoms with Gasteiger partial charge in [0.1, 0.15) is 11.3 Å². The van der Waals surface area contributed by atoms with Crippen molar-refractivity contribution in [3.05, 3.63) is 48.4 Å². The summed E-state index contributed by atoms with van der Waals surface area (Å²) in [4.78, 5) is 8.91. The largest absolute Gasteiger partial charge is 0.496 e. The molecule has 0 amide bonds.